The molecule has 0 saturated carbocycles. The van der Waals surface area contributed by atoms with Crippen molar-refractivity contribution in [1.82, 2.24) is 9.55 Å². The average molecular weight is 346 g/mol. The summed E-state index contributed by atoms with van der Waals surface area (Å²) in [7, 11) is 0. The quantitative estimate of drug-likeness (QED) is 0.276. The molecule has 1 saturated heterocycles. The number of aryl methyl sites for hydroxylation is 1. The number of hydrogen-bond acceptors (Lipinski definition) is 5. The van der Waals surface area contributed by atoms with E-state index in [0.29, 0.717) is 5.56 Å². The average Bonchev–Trinajstić information content (AvgIpc) is 2.72. The Balaban J connectivity index is 2.50. The SMILES string of the molecule is Cc1cn(C2[Se][C@H](CO)[C@@H](O)C2N=[N+]=[N-])c(=O)[nH]c1=O. The maximum atomic E-state index is 11.9. The molecule has 10 heteroatoms. The zero-order valence-electron chi connectivity index (χ0n) is 10.5. The van der Waals surface area contributed by atoms with Crippen LogP contribution in [-0.4, -0.2) is 53.5 Å². The minimum atomic E-state index is -1.000. The first-order chi connectivity index (χ1) is 9.49. The monoisotopic (exact) mass is 347 g/mol. The van der Waals surface area contributed by atoms with Gasteiger partial charge in [0.2, 0.25) is 0 Å². The van der Waals surface area contributed by atoms with Crippen molar-refractivity contribution in [2.75, 3.05) is 6.61 Å². The Morgan fingerprint density at radius 1 is 1.60 bits per heavy atom. The van der Waals surface area contributed by atoms with Crippen LogP contribution >= 0.6 is 0 Å². The zero-order chi connectivity index (χ0) is 14.9. The van der Waals surface area contributed by atoms with Crippen LogP contribution in [0.1, 0.15) is 10.5 Å². The van der Waals surface area contributed by atoms with E-state index in [0.717, 1.165) is 0 Å². The summed E-state index contributed by atoms with van der Waals surface area (Å²) in [4.78, 5) is 27.2. The van der Waals surface area contributed by atoms with Gasteiger partial charge in [0.15, 0.2) is 0 Å². The molecule has 0 radical (unpaired) electrons. The Labute approximate surface area is 119 Å². The number of aliphatic hydroxyl groups excluding tert-OH is 2. The number of hydrogen-bond donors (Lipinski definition) is 3. The van der Waals surface area contributed by atoms with Crippen molar-refractivity contribution in [3.05, 3.63) is 43.0 Å². The molecule has 0 bridgehead atoms. The Morgan fingerprint density at radius 3 is 2.90 bits per heavy atom. The van der Waals surface area contributed by atoms with Crippen LogP contribution in [-0.2, 0) is 0 Å². The van der Waals surface area contributed by atoms with Crippen molar-refractivity contribution >= 4 is 15.0 Å². The van der Waals surface area contributed by atoms with Crippen LogP contribution in [0.25, 0.3) is 10.4 Å². The van der Waals surface area contributed by atoms with E-state index in [9.17, 15) is 19.8 Å². The van der Waals surface area contributed by atoms with Gasteiger partial charge in [-0.05, 0) is 0 Å². The van der Waals surface area contributed by atoms with Crippen LogP contribution in [0.3, 0.4) is 0 Å². The van der Waals surface area contributed by atoms with Crippen molar-refractivity contribution in [1.29, 1.82) is 0 Å². The molecule has 1 aromatic heterocycles. The second kappa shape index (κ2) is 5.82. The van der Waals surface area contributed by atoms with Crippen molar-refractivity contribution in [2.24, 2.45) is 5.11 Å². The van der Waals surface area contributed by atoms with Crippen LogP contribution in [0.2, 0.25) is 4.82 Å². The number of rotatable bonds is 3. The van der Waals surface area contributed by atoms with Gasteiger partial charge in [-0.25, -0.2) is 0 Å². The third-order valence-electron chi connectivity index (χ3n) is 3.12. The second-order valence-electron chi connectivity index (χ2n) is 4.41. The normalized spacial score (nSPS) is 29.1. The molecule has 0 aliphatic carbocycles. The van der Waals surface area contributed by atoms with Gasteiger partial charge in [-0.3, -0.25) is 0 Å². The van der Waals surface area contributed by atoms with Gasteiger partial charge in [0.25, 0.3) is 0 Å². The molecular formula is C10H13N5O4Se. The van der Waals surface area contributed by atoms with E-state index in [1.54, 1.807) is 6.92 Å². The van der Waals surface area contributed by atoms with Gasteiger partial charge in [0, 0.05) is 0 Å². The van der Waals surface area contributed by atoms with Crippen molar-refractivity contribution in [3.8, 4) is 0 Å². The van der Waals surface area contributed by atoms with E-state index >= 15 is 0 Å². The first-order valence-electron chi connectivity index (χ1n) is 5.80. The summed E-state index contributed by atoms with van der Waals surface area (Å²) >= 11 is -0.346. The van der Waals surface area contributed by atoms with E-state index in [1.165, 1.54) is 10.8 Å². The zero-order valence-corrected chi connectivity index (χ0v) is 12.2. The van der Waals surface area contributed by atoms with E-state index in [-0.39, 0.29) is 21.6 Å². The molecule has 20 heavy (non-hydrogen) atoms. The first kappa shape index (κ1) is 14.8. The molecule has 1 fully saturated rings. The Bertz CT molecular complexity index is 664. The van der Waals surface area contributed by atoms with E-state index in [1.807, 2.05) is 0 Å². The molecule has 2 rings (SSSR count). The molecule has 3 N–H and O–H groups in total. The number of nitrogens with zero attached hydrogens (tertiary/aromatic N) is 4. The van der Waals surface area contributed by atoms with Crippen molar-refractivity contribution in [2.45, 2.75) is 28.8 Å². The molecule has 1 aliphatic rings. The predicted octanol–water partition coefficient (Wildman–Crippen LogP) is -1.12. The molecule has 1 aromatic rings. The first-order valence-corrected chi connectivity index (χ1v) is 7.78. The summed E-state index contributed by atoms with van der Waals surface area (Å²) in [5.41, 5.74) is 7.84. The fraction of sp³-hybridized carbons (Fsp3) is 0.600. The van der Waals surface area contributed by atoms with E-state index in [2.05, 4.69) is 15.0 Å². The van der Waals surface area contributed by atoms with E-state index < -0.39 is 33.2 Å². The molecule has 0 amide bonds. The van der Waals surface area contributed by atoms with Gasteiger partial charge in [0.1, 0.15) is 0 Å². The van der Waals surface area contributed by atoms with E-state index in [4.69, 9.17) is 5.53 Å². The Hall–Kier alpha value is -1.57. The minimum absolute atomic E-state index is 0.244. The third kappa shape index (κ3) is 2.52. The Morgan fingerprint density at radius 2 is 2.30 bits per heavy atom. The van der Waals surface area contributed by atoms with Crippen LogP contribution in [0.15, 0.2) is 20.9 Å². The van der Waals surface area contributed by atoms with Gasteiger partial charge in [0.05, 0.1) is 0 Å². The molecule has 9 nitrogen and oxygen atoms in total. The van der Waals surface area contributed by atoms with Gasteiger partial charge in [-0.1, -0.05) is 0 Å². The summed E-state index contributed by atoms with van der Waals surface area (Å²) in [6, 6.07) is -0.833. The number of aromatic nitrogens is 2. The molecule has 2 unspecified atom stereocenters. The van der Waals surface area contributed by atoms with Crippen LogP contribution in [0, 0.1) is 6.92 Å². The van der Waals surface area contributed by atoms with Gasteiger partial charge in [-0.15, -0.1) is 0 Å². The van der Waals surface area contributed by atoms with Crippen molar-refractivity contribution < 1.29 is 10.2 Å². The predicted molar refractivity (Wildman–Crippen MR) is 70.6 cm³/mol. The Kier molecular flexibility index (Phi) is 4.32. The summed E-state index contributed by atoms with van der Waals surface area (Å²) in [5, 5.41) is 22.8. The maximum absolute atomic E-state index is 11.9. The number of H-pyrrole nitrogens is 1. The van der Waals surface area contributed by atoms with Gasteiger partial charge >= 0.3 is 118 Å². The van der Waals surface area contributed by atoms with Crippen LogP contribution in [0.4, 0.5) is 0 Å². The van der Waals surface area contributed by atoms with Crippen LogP contribution in [0.5, 0.6) is 0 Å². The summed E-state index contributed by atoms with van der Waals surface area (Å²) in [6.07, 6.45) is 0.389. The number of aromatic amines is 1. The molecular weight excluding hydrogens is 333 g/mol. The standard InChI is InChI=1S/C10H13N5O4Se/c1-4-2-15(10(19)12-8(4)18)9-6(13-14-11)7(17)5(3-16)20-9/h2,5-7,9,16-17H,3H2,1H3,(H,12,18,19)/t5-,6?,7-,9?/m1/s1. The van der Waals surface area contributed by atoms with Crippen LogP contribution < -0.4 is 11.2 Å². The third-order valence-corrected chi connectivity index (χ3v) is 6.40. The summed E-state index contributed by atoms with van der Waals surface area (Å²) < 4.78 is 1.27. The number of aliphatic hydroxyl groups is 2. The fourth-order valence-electron chi connectivity index (χ4n) is 2.07. The molecule has 108 valence electrons. The molecule has 4 atom stereocenters. The summed E-state index contributed by atoms with van der Waals surface area (Å²) in [6.45, 7) is 1.31. The molecule has 2 heterocycles. The van der Waals surface area contributed by atoms with Gasteiger partial charge in [-0.2, -0.15) is 0 Å². The fourth-order valence-corrected chi connectivity index (χ4v) is 5.07. The number of nitrogens with one attached hydrogen (secondary N) is 1. The van der Waals surface area contributed by atoms with Crippen molar-refractivity contribution in [3.63, 3.8) is 0 Å². The molecule has 0 spiro atoms. The topological polar surface area (TPSA) is 144 Å². The molecule has 0 aromatic carbocycles. The van der Waals surface area contributed by atoms with Gasteiger partial charge < -0.3 is 0 Å². The number of azide groups is 1. The molecule has 1 aliphatic heterocycles. The second-order valence-corrected chi connectivity index (χ2v) is 7.27. The summed E-state index contributed by atoms with van der Waals surface area (Å²) in [5.74, 6) is 0.